The van der Waals surface area contributed by atoms with E-state index in [1.807, 2.05) is 36.4 Å². The Kier molecular flexibility index (Phi) is 3.55. The van der Waals surface area contributed by atoms with Gasteiger partial charge in [-0.05, 0) is 36.1 Å². The van der Waals surface area contributed by atoms with E-state index < -0.39 is 0 Å². The van der Waals surface area contributed by atoms with Gasteiger partial charge in [-0.1, -0.05) is 42.5 Å². The SMILES string of the molecule is Cc1ccc(CC(N)c2ccccc2)cc1F. The number of rotatable bonds is 3. The number of aryl methyl sites for hydroxylation is 1. The van der Waals surface area contributed by atoms with Gasteiger partial charge in [0.25, 0.3) is 0 Å². The number of halogens is 1. The van der Waals surface area contributed by atoms with Crippen LogP contribution in [0.1, 0.15) is 22.7 Å². The average molecular weight is 229 g/mol. The zero-order chi connectivity index (χ0) is 12.3. The molecule has 0 aromatic heterocycles. The second-order valence-corrected chi connectivity index (χ2v) is 4.30. The largest absolute Gasteiger partial charge is 0.324 e. The van der Waals surface area contributed by atoms with Gasteiger partial charge in [-0.25, -0.2) is 4.39 Å². The lowest BCUT2D eigenvalue weighted by Gasteiger charge is -2.12. The van der Waals surface area contributed by atoms with Crippen molar-refractivity contribution in [1.29, 1.82) is 0 Å². The number of hydrogen-bond donors (Lipinski definition) is 1. The molecule has 88 valence electrons. The van der Waals surface area contributed by atoms with Crippen molar-refractivity contribution in [2.45, 2.75) is 19.4 Å². The van der Waals surface area contributed by atoms with E-state index >= 15 is 0 Å². The van der Waals surface area contributed by atoms with Crippen LogP contribution in [0.5, 0.6) is 0 Å². The van der Waals surface area contributed by atoms with Gasteiger partial charge in [-0.2, -0.15) is 0 Å². The summed E-state index contributed by atoms with van der Waals surface area (Å²) in [6, 6.07) is 15.1. The van der Waals surface area contributed by atoms with Crippen molar-refractivity contribution in [3.05, 3.63) is 71.0 Å². The van der Waals surface area contributed by atoms with E-state index in [9.17, 15) is 4.39 Å². The maximum atomic E-state index is 13.4. The fourth-order valence-corrected chi connectivity index (χ4v) is 1.84. The van der Waals surface area contributed by atoms with E-state index in [0.29, 0.717) is 12.0 Å². The quantitative estimate of drug-likeness (QED) is 0.858. The van der Waals surface area contributed by atoms with Gasteiger partial charge in [0.05, 0.1) is 0 Å². The van der Waals surface area contributed by atoms with Gasteiger partial charge in [0.1, 0.15) is 5.82 Å². The molecule has 0 aliphatic carbocycles. The second-order valence-electron chi connectivity index (χ2n) is 4.30. The summed E-state index contributed by atoms with van der Waals surface area (Å²) >= 11 is 0. The minimum absolute atomic E-state index is 0.0849. The van der Waals surface area contributed by atoms with Crippen LogP contribution in [-0.4, -0.2) is 0 Å². The maximum Gasteiger partial charge on any atom is 0.126 e. The van der Waals surface area contributed by atoms with Gasteiger partial charge in [-0.15, -0.1) is 0 Å². The van der Waals surface area contributed by atoms with Gasteiger partial charge in [0.2, 0.25) is 0 Å². The molecule has 0 heterocycles. The summed E-state index contributed by atoms with van der Waals surface area (Å²) in [6.07, 6.45) is 0.654. The molecule has 1 unspecified atom stereocenters. The third-order valence-corrected chi connectivity index (χ3v) is 2.92. The molecule has 0 saturated heterocycles. The molecule has 2 heteroatoms. The van der Waals surface area contributed by atoms with Crippen LogP contribution in [-0.2, 0) is 6.42 Å². The van der Waals surface area contributed by atoms with Crippen molar-refractivity contribution in [2.24, 2.45) is 5.73 Å². The Balaban J connectivity index is 2.13. The van der Waals surface area contributed by atoms with Crippen LogP contribution in [0.15, 0.2) is 48.5 Å². The lowest BCUT2D eigenvalue weighted by Crippen LogP contribution is -2.13. The van der Waals surface area contributed by atoms with E-state index in [4.69, 9.17) is 5.73 Å². The summed E-state index contributed by atoms with van der Waals surface area (Å²) in [5.74, 6) is -0.164. The minimum atomic E-state index is -0.164. The summed E-state index contributed by atoms with van der Waals surface area (Å²) in [5, 5.41) is 0. The third-order valence-electron chi connectivity index (χ3n) is 2.92. The molecule has 0 radical (unpaired) electrons. The summed E-state index contributed by atoms with van der Waals surface area (Å²) in [7, 11) is 0. The van der Waals surface area contributed by atoms with E-state index in [0.717, 1.165) is 11.1 Å². The number of nitrogens with two attached hydrogens (primary N) is 1. The fourth-order valence-electron chi connectivity index (χ4n) is 1.84. The molecule has 17 heavy (non-hydrogen) atoms. The summed E-state index contributed by atoms with van der Waals surface area (Å²) < 4.78 is 13.4. The minimum Gasteiger partial charge on any atom is -0.324 e. The molecule has 1 atom stereocenters. The van der Waals surface area contributed by atoms with Crippen LogP contribution in [0, 0.1) is 12.7 Å². The zero-order valence-electron chi connectivity index (χ0n) is 9.86. The molecule has 0 bridgehead atoms. The molecule has 0 amide bonds. The standard InChI is InChI=1S/C15H16FN/c1-11-7-8-12(9-14(11)16)10-15(17)13-5-3-2-4-6-13/h2-9,15H,10,17H2,1H3. The molecular weight excluding hydrogens is 213 g/mol. The van der Waals surface area contributed by atoms with Crippen molar-refractivity contribution in [2.75, 3.05) is 0 Å². The topological polar surface area (TPSA) is 26.0 Å². The Morgan fingerprint density at radius 2 is 1.82 bits per heavy atom. The number of hydrogen-bond acceptors (Lipinski definition) is 1. The first kappa shape index (κ1) is 11.8. The Hall–Kier alpha value is -1.67. The van der Waals surface area contributed by atoms with Gasteiger partial charge < -0.3 is 5.73 Å². The molecular formula is C15H16FN. The molecule has 2 aromatic rings. The lowest BCUT2D eigenvalue weighted by atomic mass is 9.99. The molecule has 0 saturated carbocycles. The predicted octanol–water partition coefficient (Wildman–Crippen LogP) is 3.38. The van der Waals surface area contributed by atoms with Crippen molar-refractivity contribution in [3.8, 4) is 0 Å². The predicted molar refractivity (Wildman–Crippen MR) is 68.2 cm³/mol. The first-order valence-electron chi connectivity index (χ1n) is 5.72. The highest BCUT2D eigenvalue weighted by atomic mass is 19.1. The normalized spacial score (nSPS) is 12.4. The van der Waals surface area contributed by atoms with E-state index in [2.05, 4.69) is 0 Å². The molecule has 0 fully saturated rings. The highest BCUT2D eigenvalue weighted by Gasteiger charge is 2.07. The van der Waals surface area contributed by atoms with Crippen molar-refractivity contribution in [1.82, 2.24) is 0 Å². The van der Waals surface area contributed by atoms with E-state index in [1.54, 1.807) is 19.1 Å². The van der Waals surface area contributed by atoms with Crippen LogP contribution < -0.4 is 5.73 Å². The van der Waals surface area contributed by atoms with Gasteiger partial charge in [0.15, 0.2) is 0 Å². The molecule has 0 spiro atoms. The second kappa shape index (κ2) is 5.11. The smallest absolute Gasteiger partial charge is 0.126 e. The summed E-state index contributed by atoms with van der Waals surface area (Å²) in [5.41, 5.74) is 8.77. The summed E-state index contributed by atoms with van der Waals surface area (Å²) in [6.45, 7) is 1.76. The first-order chi connectivity index (χ1) is 8.16. The van der Waals surface area contributed by atoms with E-state index in [1.165, 1.54) is 0 Å². The zero-order valence-corrected chi connectivity index (χ0v) is 9.86. The number of benzene rings is 2. The van der Waals surface area contributed by atoms with Crippen molar-refractivity contribution in [3.63, 3.8) is 0 Å². The van der Waals surface area contributed by atoms with Crippen LogP contribution in [0.2, 0.25) is 0 Å². The molecule has 0 aliphatic rings. The van der Waals surface area contributed by atoms with Crippen molar-refractivity contribution >= 4 is 0 Å². The monoisotopic (exact) mass is 229 g/mol. The highest BCUT2D eigenvalue weighted by Crippen LogP contribution is 2.17. The average Bonchev–Trinajstić information content (AvgIpc) is 2.35. The highest BCUT2D eigenvalue weighted by molar-refractivity contribution is 5.26. The molecule has 2 N–H and O–H groups in total. The fraction of sp³-hybridized carbons (Fsp3) is 0.200. The van der Waals surface area contributed by atoms with Crippen LogP contribution >= 0.6 is 0 Å². The maximum absolute atomic E-state index is 13.4. The van der Waals surface area contributed by atoms with Gasteiger partial charge >= 0.3 is 0 Å². The molecule has 2 rings (SSSR count). The van der Waals surface area contributed by atoms with Gasteiger partial charge in [0, 0.05) is 6.04 Å². The van der Waals surface area contributed by atoms with Crippen LogP contribution in [0.3, 0.4) is 0 Å². The Morgan fingerprint density at radius 1 is 1.12 bits per heavy atom. The van der Waals surface area contributed by atoms with E-state index in [-0.39, 0.29) is 11.9 Å². The van der Waals surface area contributed by atoms with Crippen molar-refractivity contribution < 1.29 is 4.39 Å². The Labute approximate surface area is 101 Å². The molecule has 2 aromatic carbocycles. The van der Waals surface area contributed by atoms with Crippen LogP contribution in [0.25, 0.3) is 0 Å². The first-order valence-corrected chi connectivity index (χ1v) is 5.72. The molecule has 0 aliphatic heterocycles. The Morgan fingerprint density at radius 3 is 2.47 bits per heavy atom. The molecule has 1 nitrogen and oxygen atoms in total. The van der Waals surface area contributed by atoms with Crippen LogP contribution in [0.4, 0.5) is 4.39 Å². The lowest BCUT2D eigenvalue weighted by molar-refractivity contribution is 0.613. The third kappa shape index (κ3) is 2.92. The summed E-state index contributed by atoms with van der Waals surface area (Å²) in [4.78, 5) is 0. The van der Waals surface area contributed by atoms with Gasteiger partial charge in [-0.3, -0.25) is 0 Å². The Bertz CT molecular complexity index is 494.